The zero-order valence-electron chi connectivity index (χ0n) is 24.2. The molecule has 210 valence electrons. The van der Waals surface area contributed by atoms with E-state index < -0.39 is 0 Å². The molecule has 44 heavy (non-hydrogen) atoms. The summed E-state index contributed by atoms with van der Waals surface area (Å²) in [6.45, 7) is 2.01. The second-order valence-corrected chi connectivity index (χ2v) is 10.6. The quantitative estimate of drug-likeness (QED) is 0.197. The third kappa shape index (κ3) is 5.35. The fourth-order valence-corrected chi connectivity index (χ4v) is 5.41. The molecular weight excluding hydrogens is 538 g/mol. The Hall–Kier alpha value is -5.94. The fraction of sp³-hybridized carbons (Fsp3) is 0.0256. The van der Waals surface area contributed by atoms with Crippen LogP contribution in [-0.2, 0) is 0 Å². The standard InChI is InChI=1S/C39H29N5/c1-26(36-33-23-12-11-20-30(33)25-34(41-36)27-14-5-2-6-15-27)35(40)31-21-13-22-32(24-31)39-43-37(28-16-7-3-8-17-28)42-38(44-39)29-18-9-4-10-19-29/h2-25,40-41H,1H3/b36-26-,40-35?. The number of aromatic nitrogens is 3. The average Bonchev–Trinajstić information content (AvgIpc) is 3.11. The van der Waals surface area contributed by atoms with Crippen molar-refractivity contribution in [2.75, 3.05) is 0 Å². The van der Waals surface area contributed by atoms with Gasteiger partial charge in [-0.25, -0.2) is 15.0 Å². The number of hydrogen-bond acceptors (Lipinski definition) is 5. The maximum atomic E-state index is 9.33. The summed E-state index contributed by atoms with van der Waals surface area (Å²) in [6, 6.07) is 46.4. The molecule has 0 amide bonds. The van der Waals surface area contributed by atoms with E-state index in [0.29, 0.717) is 23.2 Å². The lowest BCUT2D eigenvalue weighted by Gasteiger charge is -2.24. The lowest BCUT2D eigenvalue weighted by Crippen LogP contribution is -2.19. The Bertz CT molecular complexity index is 1990. The van der Waals surface area contributed by atoms with Gasteiger partial charge in [-0.3, -0.25) is 5.41 Å². The van der Waals surface area contributed by atoms with Crippen molar-refractivity contribution in [1.29, 1.82) is 5.41 Å². The van der Waals surface area contributed by atoms with E-state index in [0.717, 1.165) is 55.9 Å². The Labute approximate surface area is 256 Å². The molecule has 0 saturated heterocycles. The van der Waals surface area contributed by atoms with Gasteiger partial charge in [-0.15, -0.1) is 0 Å². The summed E-state index contributed by atoms with van der Waals surface area (Å²) in [5, 5.41) is 13.0. The van der Waals surface area contributed by atoms with Gasteiger partial charge >= 0.3 is 0 Å². The maximum absolute atomic E-state index is 9.33. The van der Waals surface area contributed by atoms with Crippen LogP contribution in [0.3, 0.4) is 0 Å². The van der Waals surface area contributed by atoms with Crippen molar-refractivity contribution in [3.63, 3.8) is 0 Å². The van der Waals surface area contributed by atoms with Crippen molar-refractivity contribution in [3.05, 3.63) is 167 Å². The van der Waals surface area contributed by atoms with E-state index in [2.05, 4.69) is 35.7 Å². The van der Waals surface area contributed by atoms with Crippen LogP contribution < -0.4 is 5.32 Å². The van der Waals surface area contributed by atoms with Crippen molar-refractivity contribution < 1.29 is 0 Å². The summed E-state index contributed by atoms with van der Waals surface area (Å²) in [5.74, 6) is 1.78. The Kier molecular flexibility index (Phi) is 7.19. The van der Waals surface area contributed by atoms with Gasteiger partial charge in [0.1, 0.15) is 0 Å². The molecule has 1 aromatic heterocycles. The molecule has 0 atom stereocenters. The highest BCUT2D eigenvalue weighted by Crippen LogP contribution is 2.33. The first-order valence-corrected chi connectivity index (χ1v) is 14.5. The highest BCUT2D eigenvalue weighted by atomic mass is 15.0. The minimum atomic E-state index is 0.430. The van der Waals surface area contributed by atoms with Gasteiger partial charge in [0.2, 0.25) is 0 Å². The third-order valence-electron chi connectivity index (χ3n) is 7.73. The third-order valence-corrected chi connectivity index (χ3v) is 7.73. The van der Waals surface area contributed by atoms with Gasteiger partial charge in [-0.05, 0) is 35.8 Å². The molecule has 7 rings (SSSR count). The van der Waals surface area contributed by atoms with Crippen LogP contribution in [0.15, 0.2) is 145 Å². The Morgan fingerprint density at radius 1 is 0.545 bits per heavy atom. The second-order valence-electron chi connectivity index (χ2n) is 10.6. The van der Waals surface area contributed by atoms with Gasteiger partial charge in [-0.2, -0.15) is 0 Å². The van der Waals surface area contributed by atoms with Crippen LogP contribution >= 0.6 is 0 Å². The Morgan fingerprint density at radius 3 is 1.66 bits per heavy atom. The molecule has 0 saturated carbocycles. The second kappa shape index (κ2) is 11.7. The van der Waals surface area contributed by atoms with E-state index in [1.54, 1.807) is 0 Å². The highest BCUT2D eigenvalue weighted by molar-refractivity contribution is 6.16. The molecule has 5 heteroatoms. The van der Waals surface area contributed by atoms with Gasteiger partial charge in [-0.1, -0.05) is 133 Å². The zero-order chi connectivity index (χ0) is 29.9. The number of nitrogens with one attached hydrogen (secondary N) is 2. The van der Waals surface area contributed by atoms with Crippen LogP contribution in [0.2, 0.25) is 0 Å². The molecule has 1 aliphatic rings. The molecule has 0 fully saturated rings. The largest absolute Gasteiger partial charge is 0.354 e. The number of hydrogen-bond donors (Lipinski definition) is 2. The van der Waals surface area contributed by atoms with Gasteiger partial charge in [0, 0.05) is 33.5 Å². The topological polar surface area (TPSA) is 74.5 Å². The molecule has 0 bridgehead atoms. The number of rotatable bonds is 6. The van der Waals surface area contributed by atoms with E-state index in [1.165, 1.54) is 0 Å². The van der Waals surface area contributed by atoms with Crippen molar-refractivity contribution in [1.82, 2.24) is 20.3 Å². The highest BCUT2D eigenvalue weighted by Gasteiger charge is 2.20. The number of nitrogens with zero attached hydrogens (tertiary/aromatic N) is 3. The molecular formula is C39H29N5. The van der Waals surface area contributed by atoms with Gasteiger partial charge in [0.15, 0.2) is 17.5 Å². The van der Waals surface area contributed by atoms with E-state index in [9.17, 15) is 5.41 Å². The molecule has 0 aliphatic carbocycles. The van der Waals surface area contributed by atoms with Crippen molar-refractivity contribution in [3.8, 4) is 34.2 Å². The van der Waals surface area contributed by atoms with Crippen molar-refractivity contribution in [2.24, 2.45) is 0 Å². The number of benzene rings is 5. The molecule has 0 spiro atoms. The van der Waals surface area contributed by atoms with E-state index in [4.69, 9.17) is 15.0 Å². The molecule has 5 nitrogen and oxygen atoms in total. The monoisotopic (exact) mass is 567 g/mol. The first-order chi connectivity index (χ1) is 21.6. The summed E-state index contributed by atoms with van der Waals surface area (Å²) < 4.78 is 0. The van der Waals surface area contributed by atoms with Crippen LogP contribution in [-0.4, -0.2) is 20.7 Å². The average molecular weight is 568 g/mol. The summed E-state index contributed by atoms with van der Waals surface area (Å²) in [4.78, 5) is 14.6. The van der Waals surface area contributed by atoms with E-state index in [-0.39, 0.29) is 0 Å². The van der Waals surface area contributed by atoms with Gasteiger partial charge in [0.25, 0.3) is 0 Å². The Balaban J connectivity index is 1.29. The molecule has 1 aliphatic heterocycles. The Morgan fingerprint density at radius 2 is 1.05 bits per heavy atom. The van der Waals surface area contributed by atoms with Crippen LogP contribution in [0.5, 0.6) is 0 Å². The first-order valence-electron chi connectivity index (χ1n) is 14.5. The zero-order valence-corrected chi connectivity index (χ0v) is 24.2. The normalized spacial score (nSPS) is 13.3. The predicted octanol–water partition coefficient (Wildman–Crippen LogP) is 8.77. The molecule has 0 unspecified atom stereocenters. The molecule has 2 N–H and O–H groups in total. The van der Waals surface area contributed by atoms with Gasteiger partial charge in [0.05, 0.1) is 11.4 Å². The summed E-state index contributed by atoms with van der Waals surface area (Å²) in [5.41, 5.74) is 9.94. The molecule has 6 aromatic rings. The maximum Gasteiger partial charge on any atom is 0.164 e. The smallest absolute Gasteiger partial charge is 0.164 e. The van der Waals surface area contributed by atoms with E-state index >= 15 is 0 Å². The minimum absolute atomic E-state index is 0.430. The van der Waals surface area contributed by atoms with Crippen LogP contribution in [0.1, 0.15) is 29.2 Å². The number of allylic oxidation sites excluding steroid dienone is 1. The lowest BCUT2D eigenvalue weighted by atomic mass is 9.92. The van der Waals surface area contributed by atoms with Crippen LogP contribution in [0.4, 0.5) is 0 Å². The molecule has 0 radical (unpaired) electrons. The minimum Gasteiger partial charge on any atom is -0.354 e. The predicted molar refractivity (Wildman–Crippen MR) is 179 cm³/mol. The summed E-state index contributed by atoms with van der Waals surface area (Å²) >= 11 is 0. The number of fused-ring (bicyclic) bond motifs is 1. The van der Waals surface area contributed by atoms with Gasteiger partial charge < -0.3 is 5.32 Å². The van der Waals surface area contributed by atoms with Crippen molar-refractivity contribution in [2.45, 2.75) is 6.92 Å². The summed E-state index contributed by atoms with van der Waals surface area (Å²) in [7, 11) is 0. The van der Waals surface area contributed by atoms with Crippen LogP contribution in [0.25, 0.3) is 51.6 Å². The fourth-order valence-electron chi connectivity index (χ4n) is 5.41. The lowest BCUT2D eigenvalue weighted by molar-refractivity contribution is 1.07. The van der Waals surface area contributed by atoms with Crippen molar-refractivity contribution >= 4 is 23.2 Å². The van der Waals surface area contributed by atoms with Crippen LogP contribution in [0, 0.1) is 5.41 Å². The SMILES string of the molecule is C/C(C(=N)c1cccc(-c2nc(-c3ccccc3)nc(-c3ccccc3)n2)c1)=C1/NC(c2ccccc2)=Cc2ccccc21. The first kappa shape index (κ1) is 26.9. The summed E-state index contributed by atoms with van der Waals surface area (Å²) in [6.07, 6.45) is 2.17. The van der Waals surface area contributed by atoms with E-state index in [1.807, 2.05) is 122 Å². The molecule has 2 heterocycles. The molecule has 5 aromatic carbocycles.